The number of rotatable bonds is 4. The monoisotopic (exact) mass is 420 g/mol. The van der Waals surface area contributed by atoms with Gasteiger partial charge in [0.15, 0.2) is 15.6 Å². The van der Waals surface area contributed by atoms with E-state index in [4.69, 9.17) is 11.6 Å². The molecule has 0 saturated carbocycles. The molecule has 0 aliphatic heterocycles. The molecule has 0 spiro atoms. The largest absolute Gasteiger partial charge is 0.293 e. The van der Waals surface area contributed by atoms with Crippen LogP contribution in [-0.4, -0.2) is 20.0 Å². The van der Waals surface area contributed by atoms with Crippen molar-refractivity contribution in [3.8, 4) is 0 Å². The summed E-state index contributed by atoms with van der Waals surface area (Å²) in [5, 5.41) is 0.502. The fourth-order valence-electron chi connectivity index (χ4n) is 1.62. The highest BCUT2D eigenvalue weighted by Crippen LogP contribution is 2.16. The SMILES string of the molecule is O=C(CS(=O)(=O)c1ccc(I)cc1)c1ccc(Cl)cc1. The summed E-state index contributed by atoms with van der Waals surface area (Å²) in [6.45, 7) is 0. The third kappa shape index (κ3) is 3.80. The van der Waals surface area contributed by atoms with Gasteiger partial charge in [-0.2, -0.15) is 0 Å². The van der Waals surface area contributed by atoms with Crippen molar-refractivity contribution in [3.05, 3.63) is 62.7 Å². The Morgan fingerprint density at radius 1 is 1.00 bits per heavy atom. The third-order valence-electron chi connectivity index (χ3n) is 2.66. The van der Waals surface area contributed by atoms with Crippen molar-refractivity contribution in [2.24, 2.45) is 0 Å². The van der Waals surface area contributed by atoms with Crippen LogP contribution in [0.1, 0.15) is 10.4 Å². The van der Waals surface area contributed by atoms with Gasteiger partial charge in [-0.15, -0.1) is 0 Å². The van der Waals surface area contributed by atoms with Crippen molar-refractivity contribution in [2.45, 2.75) is 4.90 Å². The van der Waals surface area contributed by atoms with Crippen LogP contribution in [0.2, 0.25) is 5.02 Å². The first-order chi connectivity index (χ1) is 9.38. The molecule has 0 N–H and O–H groups in total. The van der Waals surface area contributed by atoms with Gasteiger partial charge >= 0.3 is 0 Å². The molecule has 0 aliphatic carbocycles. The van der Waals surface area contributed by atoms with Crippen LogP contribution in [0.4, 0.5) is 0 Å². The quantitative estimate of drug-likeness (QED) is 0.561. The molecule has 2 rings (SSSR count). The molecule has 0 amide bonds. The van der Waals surface area contributed by atoms with Gasteiger partial charge in [-0.25, -0.2) is 8.42 Å². The molecule has 2 aromatic carbocycles. The minimum Gasteiger partial charge on any atom is -0.293 e. The van der Waals surface area contributed by atoms with Gasteiger partial charge in [0.1, 0.15) is 5.75 Å². The smallest absolute Gasteiger partial charge is 0.185 e. The summed E-state index contributed by atoms with van der Waals surface area (Å²) < 4.78 is 25.2. The van der Waals surface area contributed by atoms with Crippen LogP contribution in [-0.2, 0) is 9.84 Å². The topological polar surface area (TPSA) is 51.2 Å². The van der Waals surface area contributed by atoms with Gasteiger partial charge in [0, 0.05) is 14.2 Å². The Balaban J connectivity index is 2.22. The second-order valence-electron chi connectivity index (χ2n) is 4.14. The highest BCUT2D eigenvalue weighted by molar-refractivity contribution is 14.1. The number of carbonyl (C=O) groups is 1. The van der Waals surface area contributed by atoms with E-state index in [-0.39, 0.29) is 4.90 Å². The maximum Gasteiger partial charge on any atom is 0.185 e. The molecular formula is C14H10ClIO3S. The Labute approximate surface area is 136 Å². The second-order valence-corrected chi connectivity index (χ2v) is 7.81. The van der Waals surface area contributed by atoms with Gasteiger partial charge < -0.3 is 0 Å². The summed E-state index contributed by atoms with van der Waals surface area (Å²) in [5.74, 6) is -0.991. The maximum atomic E-state index is 12.1. The summed E-state index contributed by atoms with van der Waals surface area (Å²) in [6.07, 6.45) is 0. The molecule has 2 aromatic rings. The van der Waals surface area contributed by atoms with E-state index in [9.17, 15) is 13.2 Å². The van der Waals surface area contributed by atoms with Gasteiger partial charge in [-0.3, -0.25) is 4.79 Å². The first-order valence-corrected chi connectivity index (χ1v) is 8.76. The van der Waals surface area contributed by atoms with Gasteiger partial charge in [0.25, 0.3) is 0 Å². The molecule has 0 aliphatic rings. The summed E-state index contributed by atoms with van der Waals surface area (Å²) >= 11 is 7.82. The lowest BCUT2D eigenvalue weighted by atomic mass is 10.1. The van der Waals surface area contributed by atoms with E-state index in [0.29, 0.717) is 10.6 Å². The fraction of sp³-hybridized carbons (Fsp3) is 0.0714. The van der Waals surface area contributed by atoms with Crippen molar-refractivity contribution in [2.75, 3.05) is 5.75 Å². The van der Waals surface area contributed by atoms with Crippen LogP contribution >= 0.6 is 34.2 Å². The Hall–Kier alpha value is -0.920. The molecule has 104 valence electrons. The zero-order valence-electron chi connectivity index (χ0n) is 10.2. The molecular weight excluding hydrogens is 411 g/mol. The number of hydrogen-bond donors (Lipinski definition) is 0. The van der Waals surface area contributed by atoms with Crippen molar-refractivity contribution < 1.29 is 13.2 Å². The summed E-state index contributed by atoms with van der Waals surface area (Å²) in [4.78, 5) is 12.1. The molecule has 0 heterocycles. The van der Waals surface area contributed by atoms with E-state index < -0.39 is 21.4 Å². The Kier molecular flexibility index (Phi) is 4.82. The molecule has 0 unspecified atom stereocenters. The molecule has 0 atom stereocenters. The minimum absolute atomic E-state index is 0.153. The molecule has 3 nitrogen and oxygen atoms in total. The normalized spacial score (nSPS) is 11.3. The lowest BCUT2D eigenvalue weighted by Gasteiger charge is -2.04. The summed E-state index contributed by atoms with van der Waals surface area (Å²) in [7, 11) is -3.62. The van der Waals surface area contributed by atoms with Gasteiger partial charge in [-0.05, 0) is 71.1 Å². The number of halogens is 2. The fourth-order valence-corrected chi connectivity index (χ4v) is 3.33. The standard InChI is InChI=1S/C14H10ClIO3S/c15-11-3-1-10(2-4-11)14(17)9-20(18,19)13-7-5-12(16)6-8-13/h1-8H,9H2. The Morgan fingerprint density at radius 2 is 1.55 bits per heavy atom. The summed E-state index contributed by atoms with van der Waals surface area (Å²) in [5.41, 5.74) is 0.337. The van der Waals surface area contributed by atoms with Crippen LogP contribution < -0.4 is 0 Å². The summed E-state index contributed by atoms with van der Waals surface area (Å²) in [6, 6.07) is 12.6. The lowest BCUT2D eigenvalue weighted by molar-refractivity contribution is 0.102. The van der Waals surface area contributed by atoms with E-state index in [1.54, 1.807) is 24.3 Å². The molecule has 20 heavy (non-hydrogen) atoms. The van der Waals surface area contributed by atoms with Crippen LogP contribution in [0.3, 0.4) is 0 Å². The number of ketones is 1. The first-order valence-electron chi connectivity index (χ1n) is 5.65. The van der Waals surface area contributed by atoms with E-state index in [2.05, 4.69) is 22.6 Å². The van der Waals surface area contributed by atoms with Crippen molar-refractivity contribution in [1.29, 1.82) is 0 Å². The molecule has 0 bridgehead atoms. The predicted molar refractivity (Wildman–Crippen MR) is 87.0 cm³/mol. The zero-order valence-corrected chi connectivity index (χ0v) is 13.9. The number of benzene rings is 2. The highest BCUT2D eigenvalue weighted by Gasteiger charge is 2.20. The maximum absolute atomic E-state index is 12.1. The molecule has 6 heteroatoms. The van der Waals surface area contributed by atoms with Crippen molar-refractivity contribution in [1.82, 2.24) is 0 Å². The van der Waals surface area contributed by atoms with E-state index in [0.717, 1.165) is 3.57 Å². The van der Waals surface area contributed by atoms with Crippen LogP contribution in [0.25, 0.3) is 0 Å². The molecule has 0 aromatic heterocycles. The van der Waals surface area contributed by atoms with Gasteiger partial charge in [0.2, 0.25) is 0 Å². The third-order valence-corrected chi connectivity index (χ3v) is 5.26. The first kappa shape index (κ1) is 15.5. The van der Waals surface area contributed by atoms with E-state index in [1.165, 1.54) is 24.3 Å². The van der Waals surface area contributed by atoms with Crippen LogP contribution in [0.15, 0.2) is 53.4 Å². The average molecular weight is 421 g/mol. The second kappa shape index (κ2) is 6.24. The average Bonchev–Trinajstić information content (AvgIpc) is 2.39. The van der Waals surface area contributed by atoms with Gasteiger partial charge in [-0.1, -0.05) is 11.6 Å². The van der Waals surface area contributed by atoms with Gasteiger partial charge in [0.05, 0.1) is 4.90 Å². The molecule has 0 saturated heterocycles. The number of sulfone groups is 1. The Morgan fingerprint density at radius 3 is 2.10 bits per heavy atom. The van der Waals surface area contributed by atoms with Crippen LogP contribution in [0.5, 0.6) is 0 Å². The number of carbonyl (C=O) groups excluding carboxylic acids is 1. The van der Waals surface area contributed by atoms with E-state index in [1.807, 2.05) is 0 Å². The molecule has 0 radical (unpaired) electrons. The highest BCUT2D eigenvalue weighted by atomic mass is 127. The van der Waals surface area contributed by atoms with Crippen LogP contribution in [0, 0.1) is 3.57 Å². The Bertz CT molecular complexity index is 722. The number of Topliss-reactive ketones (excluding diaryl/α,β-unsaturated/α-hetero) is 1. The van der Waals surface area contributed by atoms with Crippen molar-refractivity contribution in [3.63, 3.8) is 0 Å². The van der Waals surface area contributed by atoms with E-state index >= 15 is 0 Å². The van der Waals surface area contributed by atoms with Crippen molar-refractivity contribution >= 4 is 49.8 Å². The zero-order chi connectivity index (χ0) is 14.8. The predicted octanol–water partition coefficient (Wildman–Crippen LogP) is 3.60. The molecule has 0 fully saturated rings. The number of hydrogen-bond acceptors (Lipinski definition) is 3. The lowest BCUT2D eigenvalue weighted by Crippen LogP contribution is -2.16. The minimum atomic E-state index is -3.62.